The van der Waals surface area contributed by atoms with Gasteiger partial charge in [-0.1, -0.05) is 13.8 Å². The molecule has 0 aliphatic rings. The van der Waals surface area contributed by atoms with Crippen molar-refractivity contribution in [2.75, 3.05) is 11.5 Å². The number of anilines is 1. The Hall–Kier alpha value is -1.10. The first-order valence-electron chi connectivity index (χ1n) is 5.34. The molecule has 0 amide bonds. The topological polar surface area (TPSA) is 65.1 Å². The van der Waals surface area contributed by atoms with E-state index in [9.17, 15) is 9.00 Å². The standard InChI is InChI=1S/C11H18N2O2S/c1-9(2)16(15)7-3-6-13-8-10(12)4-5-11(13)14/h4-5,8-9H,3,6-7,12H2,1-2H3. The average molecular weight is 242 g/mol. The molecule has 1 aromatic heterocycles. The third kappa shape index (κ3) is 3.81. The molecule has 5 heteroatoms. The van der Waals surface area contributed by atoms with E-state index < -0.39 is 10.8 Å². The molecule has 2 N–H and O–H groups in total. The monoisotopic (exact) mass is 242 g/mol. The highest BCUT2D eigenvalue weighted by atomic mass is 32.2. The van der Waals surface area contributed by atoms with Gasteiger partial charge in [-0.2, -0.15) is 0 Å². The van der Waals surface area contributed by atoms with Gasteiger partial charge >= 0.3 is 0 Å². The van der Waals surface area contributed by atoms with E-state index in [2.05, 4.69) is 0 Å². The largest absolute Gasteiger partial charge is 0.398 e. The molecule has 0 aromatic carbocycles. The molecule has 0 aliphatic heterocycles. The number of rotatable bonds is 5. The molecule has 4 nitrogen and oxygen atoms in total. The number of aromatic nitrogens is 1. The van der Waals surface area contributed by atoms with E-state index in [0.29, 0.717) is 18.0 Å². The number of hydrogen-bond donors (Lipinski definition) is 1. The summed E-state index contributed by atoms with van der Waals surface area (Å²) in [6, 6.07) is 3.04. The molecule has 0 saturated heterocycles. The van der Waals surface area contributed by atoms with Crippen LogP contribution in [0.15, 0.2) is 23.1 Å². The molecule has 0 saturated carbocycles. The van der Waals surface area contributed by atoms with E-state index in [4.69, 9.17) is 5.73 Å². The Morgan fingerprint density at radius 3 is 2.75 bits per heavy atom. The van der Waals surface area contributed by atoms with Gasteiger partial charge in [-0.25, -0.2) is 0 Å². The first-order chi connectivity index (χ1) is 7.50. The predicted molar refractivity (Wildman–Crippen MR) is 67.9 cm³/mol. The highest BCUT2D eigenvalue weighted by Crippen LogP contribution is 2.00. The second-order valence-electron chi connectivity index (χ2n) is 3.98. The van der Waals surface area contributed by atoms with Crippen molar-refractivity contribution in [3.8, 4) is 0 Å². The van der Waals surface area contributed by atoms with E-state index in [1.807, 2.05) is 13.8 Å². The highest BCUT2D eigenvalue weighted by molar-refractivity contribution is 7.85. The number of nitrogen functional groups attached to an aromatic ring is 1. The minimum Gasteiger partial charge on any atom is -0.398 e. The van der Waals surface area contributed by atoms with Crippen molar-refractivity contribution in [1.29, 1.82) is 0 Å². The molecule has 1 atom stereocenters. The SMILES string of the molecule is CC(C)S(=O)CCCn1cc(N)ccc1=O. The summed E-state index contributed by atoms with van der Waals surface area (Å²) in [5.41, 5.74) is 6.10. The highest BCUT2D eigenvalue weighted by Gasteiger charge is 2.04. The molecule has 1 aromatic rings. The van der Waals surface area contributed by atoms with E-state index in [0.717, 1.165) is 6.42 Å². The van der Waals surface area contributed by atoms with Gasteiger partial charge in [-0.05, 0) is 12.5 Å². The molecular weight excluding hydrogens is 224 g/mol. The van der Waals surface area contributed by atoms with Crippen molar-refractivity contribution in [3.05, 3.63) is 28.7 Å². The Labute approximate surface area is 97.9 Å². The Balaban J connectivity index is 2.52. The van der Waals surface area contributed by atoms with Crippen molar-refractivity contribution in [1.82, 2.24) is 4.57 Å². The molecule has 0 spiro atoms. The number of pyridine rings is 1. The van der Waals surface area contributed by atoms with Crippen LogP contribution in [0.4, 0.5) is 5.69 Å². The van der Waals surface area contributed by atoms with Gasteiger partial charge in [0.2, 0.25) is 0 Å². The number of hydrogen-bond acceptors (Lipinski definition) is 3. The Kier molecular flexibility index (Phi) is 4.73. The van der Waals surface area contributed by atoms with Gasteiger partial charge in [0.25, 0.3) is 5.56 Å². The molecular formula is C11H18N2O2S. The van der Waals surface area contributed by atoms with E-state index in [1.54, 1.807) is 16.8 Å². The third-order valence-corrected chi connectivity index (χ3v) is 4.02. The fraction of sp³-hybridized carbons (Fsp3) is 0.545. The smallest absolute Gasteiger partial charge is 0.250 e. The summed E-state index contributed by atoms with van der Waals surface area (Å²) in [6.45, 7) is 4.44. The molecule has 0 bridgehead atoms. The van der Waals surface area contributed by atoms with Crippen LogP contribution >= 0.6 is 0 Å². The fourth-order valence-electron chi connectivity index (χ4n) is 1.34. The summed E-state index contributed by atoms with van der Waals surface area (Å²) >= 11 is 0. The van der Waals surface area contributed by atoms with Gasteiger partial charge in [-0.15, -0.1) is 0 Å². The van der Waals surface area contributed by atoms with Crippen LogP contribution in [0.3, 0.4) is 0 Å². The zero-order valence-electron chi connectivity index (χ0n) is 9.68. The van der Waals surface area contributed by atoms with Gasteiger partial charge in [0.1, 0.15) is 0 Å². The second kappa shape index (κ2) is 5.84. The first kappa shape index (κ1) is 13.0. The van der Waals surface area contributed by atoms with Crippen molar-refractivity contribution in [2.24, 2.45) is 0 Å². The molecule has 1 heterocycles. The van der Waals surface area contributed by atoms with E-state index in [1.165, 1.54) is 6.07 Å². The second-order valence-corrected chi connectivity index (χ2v) is 6.09. The average Bonchev–Trinajstić information content (AvgIpc) is 2.22. The van der Waals surface area contributed by atoms with Crippen LogP contribution in [0.1, 0.15) is 20.3 Å². The summed E-state index contributed by atoms with van der Waals surface area (Å²) in [5.74, 6) is 0.624. The number of nitrogens with zero attached hydrogens (tertiary/aromatic N) is 1. The van der Waals surface area contributed by atoms with Gasteiger partial charge < -0.3 is 10.3 Å². The maximum atomic E-state index is 11.5. The maximum Gasteiger partial charge on any atom is 0.250 e. The van der Waals surface area contributed by atoms with Crippen LogP contribution in [-0.4, -0.2) is 19.8 Å². The van der Waals surface area contributed by atoms with Crippen LogP contribution in [0.25, 0.3) is 0 Å². The lowest BCUT2D eigenvalue weighted by Crippen LogP contribution is -2.20. The normalized spacial score (nSPS) is 12.9. The lowest BCUT2D eigenvalue weighted by molar-refractivity contribution is 0.641. The van der Waals surface area contributed by atoms with Crippen molar-refractivity contribution < 1.29 is 4.21 Å². The molecule has 16 heavy (non-hydrogen) atoms. The Morgan fingerprint density at radius 2 is 2.12 bits per heavy atom. The lowest BCUT2D eigenvalue weighted by atomic mass is 10.4. The van der Waals surface area contributed by atoms with E-state index >= 15 is 0 Å². The Bertz CT molecular complexity index is 426. The van der Waals surface area contributed by atoms with Crippen molar-refractivity contribution >= 4 is 16.5 Å². The number of nitrogens with two attached hydrogens (primary N) is 1. The molecule has 1 rings (SSSR count). The minimum atomic E-state index is -0.804. The van der Waals surface area contributed by atoms with Gasteiger partial charge in [-0.3, -0.25) is 9.00 Å². The van der Waals surface area contributed by atoms with Gasteiger partial charge in [0, 0.05) is 46.3 Å². The van der Waals surface area contributed by atoms with Crippen LogP contribution in [0, 0.1) is 0 Å². The zero-order valence-corrected chi connectivity index (χ0v) is 10.5. The van der Waals surface area contributed by atoms with Crippen molar-refractivity contribution in [2.45, 2.75) is 32.1 Å². The van der Waals surface area contributed by atoms with Crippen LogP contribution in [-0.2, 0) is 17.3 Å². The summed E-state index contributed by atoms with van der Waals surface area (Å²) < 4.78 is 13.0. The maximum absolute atomic E-state index is 11.5. The van der Waals surface area contributed by atoms with Crippen LogP contribution < -0.4 is 11.3 Å². The van der Waals surface area contributed by atoms with Crippen molar-refractivity contribution in [3.63, 3.8) is 0 Å². The molecule has 0 fully saturated rings. The lowest BCUT2D eigenvalue weighted by Gasteiger charge is -2.07. The summed E-state index contributed by atoms with van der Waals surface area (Å²) in [5, 5.41) is 0.178. The summed E-state index contributed by atoms with van der Waals surface area (Å²) in [4.78, 5) is 11.4. The Morgan fingerprint density at radius 1 is 1.44 bits per heavy atom. The quantitative estimate of drug-likeness (QED) is 0.837. The summed E-state index contributed by atoms with van der Waals surface area (Å²) in [6.07, 6.45) is 2.36. The van der Waals surface area contributed by atoms with Gasteiger partial charge in [0.15, 0.2) is 0 Å². The fourth-order valence-corrected chi connectivity index (χ4v) is 2.22. The molecule has 0 radical (unpaired) electrons. The minimum absolute atomic E-state index is 0.0653. The molecule has 0 aliphatic carbocycles. The number of aryl methyl sites for hydroxylation is 1. The van der Waals surface area contributed by atoms with E-state index in [-0.39, 0.29) is 10.8 Å². The zero-order chi connectivity index (χ0) is 12.1. The third-order valence-electron chi connectivity index (χ3n) is 2.28. The predicted octanol–water partition coefficient (Wildman–Crippen LogP) is 0.978. The van der Waals surface area contributed by atoms with Gasteiger partial charge in [0.05, 0.1) is 0 Å². The molecule has 90 valence electrons. The first-order valence-corrected chi connectivity index (χ1v) is 6.72. The summed E-state index contributed by atoms with van der Waals surface area (Å²) in [7, 11) is -0.804. The van der Waals surface area contributed by atoms with Crippen LogP contribution in [0.2, 0.25) is 0 Å². The molecule has 1 unspecified atom stereocenters. The van der Waals surface area contributed by atoms with Crippen LogP contribution in [0.5, 0.6) is 0 Å².